The van der Waals surface area contributed by atoms with Gasteiger partial charge in [-0.15, -0.1) is 11.3 Å². The molecular weight excluding hydrogens is 384 g/mol. The maximum atomic E-state index is 9.20. The zero-order valence-electron chi connectivity index (χ0n) is 16.1. The molecule has 2 aliphatic heterocycles. The van der Waals surface area contributed by atoms with Gasteiger partial charge in [-0.05, 0) is 36.8 Å². The molecule has 0 radical (unpaired) electrons. The van der Waals surface area contributed by atoms with Gasteiger partial charge in [0.05, 0.1) is 24.3 Å². The van der Waals surface area contributed by atoms with Crippen molar-refractivity contribution in [3.63, 3.8) is 0 Å². The molecule has 8 heteroatoms. The Morgan fingerprint density at radius 3 is 3.17 bits per heavy atom. The molecule has 2 unspecified atom stereocenters. The molecule has 5 rings (SSSR count). The number of hydrogen-bond donors (Lipinski definition) is 1. The highest BCUT2D eigenvalue weighted by atomic mass is 32.1. The van der Waals surface area contributed by atoms with E-state index < -0.39 is 0 Å². The third-order valence-electron chi connectivity index (χ3n) is 5.78. The molecule has 0 amide bonds. The molecule has 3 aliphatic rings. The molecule has 4 heterocycles. The lowest BCUT2D eigenvalue weighted by Crippen LogP contribution is -2.30. The Morgan fingerprint density at radius 1 is 1.45 bits per heavy atom. The first-order valence-electron chi connectivity index (χ1n) is 9.58. The van der Waals surface area contributed by atoms with E-state index in [1.807, 2.05) is 23.5 Å². The van der Waals surface area contributed by atoms with Crippen LogP contribution in [0.3, 0.4) is 0 Å². The van der Waals surface area contributed by atoms with Gasteiger partial charge in [0.15, 0.2) is 0 Å². The maximum absolute atomic E-state index is 9.20. The molecule has 0 aromatic carbocycles. The first-order chi connectivity index (χ1) is 14.2. The number of thiophene rings is 1. The zero-order valence-corrected chi connectivity index (χ0v) is 16.9. The third kappa shape index (κ3) is 2.89. The number of fused-ring (bicyclic) bond motifs is 4. The second kappa shape index (κ2) is 7.01. The van der Waals surface area contributed by atoms with Crippen LogP contribution in [0.25, 0.3) is 10.2 Å². The van der Waals surface area contributed by atoms with E-state index in [0.717, 1.165) is 53.2 Å². The first-order valence-corrected chi connectivity index (χ1v) is 10.4. The number of nitriles is 1. The molecule has 146 valence electrons. The lowest BCUT2D eigenvalue weighted by molar-refractivity contribution is 0.200. The summed E-state index contributed by atoms with van der Waals surface area (Å²) in [5, 5.41) is 20.0. The lowest BCUT2D eigenvalue weighted by atomic mass is 9.84. The molecule has 2 aromatic heterocycles. The van der Waals surface area contributed by atoms with Gasteiger partial charge < -0.3 is 10.1 Å². The Kier molecular flexibility index (Phi) is 4.32. The van der Waals surface area contributed by atoms with Gasteiger partial charge in [-0.25, -0.2) is 9.97 Å². The minimum Gasteiger partial charge on any atom is -0.497 e. The molecule has 0 saturated carbocycles. The molecule has 29 heavy (non-hydrogen) atoms. The second-order valence-corrected chi connectivity index (χ2v) is 8.42. The normalized spacial score (nSPS) is 22.4. The number of methoxy groups -OCH3 is 1. The van der Waals surface area contributed by atoms with E-state index in [0.29, 0.717) is 5.57 Å². The smallest absolute Gasteiger partial charge is 0.144 e. The summed E-state index contributed by atoms with van der Waals surface area (Å²) < 4.78 is 5.71. The fourth-order valence-corrected chi connectivity index (χ4v) is 5.55. The third-order valence-corrected chi connectivity index (χ3v) is 6.94. The van der Waals surface area contributed by atoms with E-state index in [1.54, 1.807) is 24.8 Å². The summed E-state index contributed by atoms with van der Waals surface area (Å²) >= 11 is 1.69. The van der Waals surface area contributed by atoms with Gasteiger partial charge in [0.2, 0.25) is 0 Å². The van der Waals surface area contributed by atoms with Crippen molar-refractivity contribution in [1.29, 1.82) is 5.26 Å². The summed E-state index contributed by atoms with van der Waals surface area (Å²) in [6.07, 6.45) is 10.9. The van der Waals surface area contributed by atoms with Gasteiger partial charge in [-0.2, -0.15) is 10.4 Å². The minimum atomic E-state index is 0.0824. The number of hydrogen-bond acceptors (Lipinski definition) is 8. The number of allylic oxidation sites excluding steroid dienone is 2. The van der Waals surface area contributed by atoms with E-state index in [1.165, 1.54) is 10.4 Å². The van der Waals surface area contributed by atoms with E-state index >= 15 is 0 Å². The van der Waals surface area contributed by atoms with Gasteiger partial charge >= 0.3 is 0 Å². The summed E-state index contributed by atoms with van der Waals surface area (Å²) in [5.41, 5.74) is 2.86. The van der Waals surface area contributed by atoms with Crippen molar-refractivity contribution in [3.05, 3.63) is 52.7 Å². The van der Waals surface area contributed by atoms with Crippen LogP contribution in [0.2, 0.25) is 0 Å². The SMILES string of the molecule is C=C(C#N)C1CCc2c(sc3ncnc(NC4=C(OC)C5CC=NN5C=C4)c23)C1. The lowest BCUT2D eigenvalue weighted by Gasteiger charge is -2.28. The van der Waals surface area contributed by atoms with Crippen LogP contribution < -0.4 is 5.32 Å². The molecule has 2 aromatic rings. The fraction of sp³-hybridized carbons (Fsp3) is 0.333. The molecule has 0 bridgehead atoms. The number of rotatable bonds is 4. The summed E-state index contributed by atoms with van der Waals surface area (Å²) in [7, 11) is 1.69. The summed E-state index contributed by atoms with van der Waals surface area (Å²) in [5.74, 6) is 1.88. The molecule has 0 spiro atoms. The topological polar surface area (TPSA) is 86.4 Å². The highest BCUT2D eigenvalue weighted by molar-refractivity contribution is 7.19. The van der Waals surface area contributed by atoms with Crippen LogP contribution in [0, 0.1) is 17.2 Å². The summed E-state index contributed by atoms with van der Waals surface area (Å²) in [6.45, 7) is 3.92. The Hall–Kier alpha value is -3.18. The molecule has 0 saturated heterocycles. The van der Waals surface area contributed by atoms with Crippen LogP contribution in [-0.2, 0) is 17.6 Å². The molecule has 1 aliphatic carbocycles. The second-order valence-electron chi connectivity index (χ2n) is 7.34. The van der Waals surface area contributed by atoms with Crippen LogP contribution >= 0.6 is 11.3 Å². The van der Waals surface area contributed by atoms with Gasteiger partial charge in [0, 0.05) is 29.3 Å². The van der Waals surface area contributed by atoms with Gasteiger partial charge in [-0.3, -0.25) is 5.01 Å². The Balaban J connectivity index is 1.52. The van der Waals surface area contributed by atoms with Gasteiger partial charge in [0.1, 0.15) is 28.8 Å². The number of ether oxygens (including phenoxy) is 1. The van der Waals surface area contributed by atoms with Crippen molar-refractivity contribution in [2.75, 3.05) is 12.4 Å². The predicted octanol–water partition coefficient (Wildman–Crippen LogP) is 3.73. The number of nitrogens with zero attached hydrogens (tertiary/aromatic N) is 5. The quantitative estimate of drug-likeness (QED) is 0.782. The fourth-order valence-electron chi connectivity index (χ4n) is 4.28. The van der Waals surface area contributed by atoms with Crippen molar-refractivity contribution >= 4 is 33.6 Å². The van der Waals surface area contributed by atoms with Crippen LogP contribution in [0.4, 0.5) is 5.82 Å². The standard InChI is InChI=1S/C21H20N6OS/c1-12(10-22)13-3-4-14-17(9-13)29-21-18(14)20(23-11-24-21)26-15-6-8-27-16(5-7-25-27)19(15)28-2/h6-8,11,13,16H,1,3-5,9H2,2H3,(H,23,24,26). The Morgan fingerprint density at radius 2 is 2.34 bits per heavy atom. The van der Waals surface area contributed by atoms with Crippen molar-refractivity contribution in [2.24, 2.45) is 11.0 Å². The van der Waals surface area contributed by atoms with E-state index in [9.17, 15) is 5.26 Å². The number of aromatic nitrogens is 2. The number of hydrazone groups is 1. The van der Waals surface area contributed by atoms with Crippen molar-refractivity contribution in [3.8, 4) is 6.07 Å². The van der Waals surface area contributed by atoms with Crippen LogP contribution in [0.5, 0.6) is 0 Å². The predicted molar refractivity (Wildman–Crippen MR) is 113 cm³/mol. The number of aryl methyl sites for hydroxylation is 1. The maximum Gasteiger partial charge on any atom is 0.144 e. The van der Waals surface area contributed by atoms with Gasteiger partial charge in [-0.1, -0.05) is 6.58 Å². The minimum absolute atomic E-state index is 0.0824. The van der Waals surface area contributed by atoms with Crippen LogP contribution in [-0.4, -0.2) is 34.3 Å². The number of nitrogens with one attached hydrogen (secondary N) is 1. The average Bonchev–Trinajstić information content (AvgIpc) is 3.37. The monoisotopic (exact) mass is 404 g/mol. The average molecular weight is 404 g/mol. The van der Waals surface area contributed by atoms with Crippen LogP contribution in [0.15, 0.2) is 47.3 Å². The van der Waals surface area contributed by atoms with E-state index in [-0.39, 0.29) is 12.0 Å². The number of anilines is 1. The molecule has 2 atom stereocenters. The largest absolute Gasteiger partial charge is 0.497 e. The van der Waals surface area contributed by atoms with E-state index in [2.05, 4.69) is 33.0 Å². The molecular formula is C21H20N6OS. The van der Waals surface area contributed by atoms with Crippen molar-refractivity contribution in [2.45, 2.75) is 31.7 Å². The molecule has 7 nitrogen and oxygen atoms in total. The highest BCUT2D eigenvalue weighted by Gasteiger charge is 2.31. The summed E-state index contributed by atoms with van der Waals surface area (Å²) in [4.78, 5) is 11.3. The molecule has 1 N–H and O–H groups in total. The summed E-state index contributed by atoms with van der Waals surface area (Å²) in [6, 6.07) is 2.30. The Bertz CT molecular complexity index is 1140. The van der Waals surface area contributed by atoms with Crippen molar-refractivity contribution < 1.29 is 4.74 Å². The zero-order chi connectivity index (χ0) is 20.0. The first kappa shape index (κ1) is 17.9. The molecule has 0 fully saturated rings. The van der Waals surface area contributed by atoms with E-state index in [4.69, 9.17) is 4.74 Å². The van der Waals surface area contributed by atoms with Crippen LogP contribution in [0.1, 0.15) is 23.3 Å². The van der Waals surface area contributed by atoms with Crippen molar-refractivity contribution in [1.82, 2.24) is 15.0 Å². The Labute approximate surface area is 172 Å². The highest BCUT2D eigenvalue weighted by Crippen LogP contribution is 2.41. The van der Waals surface area contributed by atoms with Gasteiger partial charge in [0.25, 0.3) is 0 Å².